The molecule has 0 radical (unpaired) electrons. The van der Waals surface area contributed by atoms with E-state index in [9.17, 15) is 13.2 Å². The summed E-state index contributed by atoms with van der Waals surface area (Å²) < 4.78 is 23.4. The SMILES string of the molecule is CC(C)CCC(=O)Nc1ccc(-c2ccccc2S(N)(=O)=O)cc1. The highest BCUT2D eigenvalue weighted by Gasteiger charge is 2.14. The molecule has 0 aliphatic rings. The molecule has 0 unspecified atom stereocenters. The third-order valence-electron chi connectivity index (χ3n) is 3.62. The molecular weight excluding hydrogens is 324 g/mol. The first kappa shape index (κ1) is 18.2. The van der Waals surface area contributed by atoms with E-state index in [4.69, 9.17) is 5.14 Å². The standard InChI is InChI=1S/C18H22N2O3S/c1-13(2)7-12-18(21)20-15-10-8-14(9-11-15)16-5-3-4-6-17(16)24(19,22)23/h3-6,8-11,13H,7,12H2,1-2H3,(H,20,21)(H2,19,22,23). The molecule has 3 N–H and O–H groups in total. The van der Waals surface area contributed by atoms with Gasteiger partial charge in [-0.15, -0.1) is 0 Å². The molecule has 0 aromatic heterocycles. The summed E-state index contributed by atoms with van der Waals surface area (Å²) in [5, 5.41) is 8.10. The van der Waals surface area contributed by atoms with Gasteiger partial charge in [-0.05, 0) is 36.1 Å². The van der Waals surface area contributed by atoms with E-state index in [0.717, 1.165) is 12.0 Å². The first-order valence-corrected chi connectivity index (χ1v) is 9.34. The Morgan fingerprint density at radius 2 is 1.71 bits per heavy atom. The van der Waals surface area contributed by atoms with Gasteiger partial charge in [-0.25, -0.2) is 13.6 Å². The number of amides is 1. The minimum absolute atomic E-state index is 0.0265. The highest BCUT2D eigenvalue weighted by atomic mass is 32.2. The molecule has 5 nitrogen and oxygen atoms in total. The molecular formula is C18H22N2O3S. The van der Waals surface area contributed by atoms with Crippen LogP contribution in [0, 0.1) is 5.92 Å². The van der Waals surface area contributed by atoms with Crippen molar-refractivity contribution < 1.29 is 13.2 Å². The van der Waals surface area contributed by atoms with Gasteiger partial charge in [-0.2, -0.15) is 0 Å². The third kappa shape index (κ3) is 4.91. The van der Waals surface area contributed by atoms with E-state index < -0.39 is 10.0 Å². The summed E-state index contributed by atoms with van der Waals surface area (Å²) in [5.41, 5.74) is 1.94. The number of hydrogen-bond donors (Lipinski definition) is 2. The van der Waals surface area contributed by atoms with Gasteiger partial charge in [0.25, 0.3) is 0 Å². The monoisotopic (exact) mass is 346 g/mol. The van der Waals surface area contributed by atoms with Gasteiger partial charge in [0.2, 0.25) is 15.9 Å². The number of rotatable bonds is 6. The molecule has 128 valence electrons. The van der Waals surface area contributed by atoms with E-state index in [0.29, 0.717) is 23.6 Å². The van der Waals surface area contributed by atoms with Crippen LogP contribution in [-0.2, 0) is 14.8 Å². The average Bonchev–Trinajstić information content (AvgIpc) is 2.53. The van der Waals surface area contributed by atoms with Gasteiger partial charge in [-0.3, -0.25) is 4.79 Å². The van der Waals surface area contributed by atoms with Gasteiger partial charge in [-0.1, -0.05) is 44.2 Å². The van der Waals surface area contributed by atoms with Gasteiger partial charge in [0.1, 0.15) is 0 Å². The minimum atomic E-state index is -3.80. The molecule has 24 heavy (non-hydrogen) atoms. The molecule has 0 saturated heterocycles. The second-order valence-electron chi connectivity index (χ2n) is 6.10. The number of anilines is 1. The summed E-state index contributed by atoms with van der Waals surface area (Å²) >= 11 is 0. The molecule has 0 spiro atoms. The lowest BCUT2D eigenvalue weighted by atomic mass is 10.1. The number of carbonyl (C=O) groups is 1. The Morgan fingerprint density at radius 3 is 2.29 bits per heavy atom. The average molecular weight is 346 g/mol. The quantitative estimate of drug-likeness (QED) is 0.840. The molecule has 2 aromatic carbocycles. The van der Waals surface area contributed by atoms with Crippen molar-refractivity contribution >= 4 is 21.6 Å². The normalized spacial score (nSPS) is 11.5. The summed E-state index contributed by atoms with van der Waals surface area (Å²) in [6, 6.07) is 13.6. The Morgan fingerprint density at radius 1 is 1.08 bits per heavy atom. The Hall–Kier alpha value is -2.18. The van der Waals surface area contributed by atoms with Crippen molar-refractivity contribution in [1.82, 2.24) is 0 Å². The van der Waals surface area contributed by atoms with Crippen LogP contribution >= 0.6 is 0 Å². The highest BCUT2D eigenvalue weighted by molar-refractivity contribution is 7.89. The van der Waals surface area contributed by atoms with Crippen LogP contribution in [0.1, 0.15) is 26.7 Å². The lowest BCUT2D eigenvalue weighted by Crippen LogP contribution is -2.13. The van der Waals surface area contributed by atoms with Crippen molar-refractivity contribution in [3.05, 3.63) is 48.5 Å². The maximum absolute atomic E-state index is 11.9. The van der Waals surface area contributed by atoms with Crippen LogP contribution in [0.3, 0.4) is 0 Å². The summed E-state index contributed by atoms with van der Waals surface area (Å²) in [5.74, 6) is 0.453. The van der Waals surface area contributed by atoms with E-state index in [1.54, 1.807) is 42.5 Å². The molecule has 2 rings (SSSR count). The largest absolute Gasteiger partial charge is 0.326 e. The topological polar surface area (TPSA) is 89.3 Å². The maximum Gasteiger partial charge on any atom is 0.238 e. The first-order valence-electron chi connectivity index (χ1n) is 7.79. The van der Waals surface area contributed by atoms with Gasteiger partial charge >= 0.3 is 0 Å². The molecule has 2 aromatic rings. The maximum atomic E-state index is 11.9. The van der Waals surface area contributed by atoms with E-state index in [1.807, 2.05) is 0 Å². The Balaban J connectivity index is 2.18. The third-order valence-corrected chi connectivity index (χ3v) is 4.59. The number of carbonyl (C=O) groups excluding carboxylic acids is 1. The van der Waals surface area contributed by atoms with Crippen molar-refractivity contribution in [2.24, 2.45) is 11.1 Å². The summed E-state index contributed by atoms with van der Waals surface area (Å²) in [7, 11) is -3.80. The van der Waals surface area contributed by atoms with Crippen molar-refractivity contribution in [3.8, 4) is 11.1 Å². The van der Waals surface area contributed by atoms with Crippen LogP contribution in [0.4, 0.5) is 5.69 Å². The number of benzene rings is 2. The minimum Gasteiger partial charge on any atom is -0.326 e. The first-order chi connectivity index (χ1) is 11.3. The number of nitrogens with one attached hydrogen (secondary N) is 1. The fraction of sp³-hybridized carbons (Fsp3) is 0.278. The second kappa shape index (κ2) is 7.59. The molecule has 0 aliphatic heterocycles. The number of sulfonamides is 1. The molecule has 0 bridgehead atoms. The molecule has 0 saturated carbocycles. The summed E-state index contributed by atoms with van der Waals surface area (Å²) in [6.45, 7) is 4.15. The Kier molecular flexibility index (Phi) is 5.75. The lowest BCUT2D eigenvalue weighted by Gasteiger charge is -2.10. The Labute approximate surface area is 142 Å². The van der Waals surface area contributed by atoms with Gasteiger partial charge < -0.3 is 5.32 Å². The van der Waals surface area contributed by atoms with Crippen molar-refractivity contribution in [2.45, 2.75) is 31.6 Å². The second-order valence-corrected chi connectivity index (χ2v) is 7.63. The van der Waals surface area contributed by atoms with Gasteiger partial charge in [0.15, 0.2) is 0 Å². The molecule has 0 aliphatic carbocycles. The molecule has 0 heterocycles. The van der Waals surface area contributed by atoms with E-state index in [-0.39, 0.29) is 10.8 Å². The van der Waals surface area contributed by atoms with Crippen LogP contribution < -0.4 is 10.5 Å². The van der Waals surface area contributed by atoms with Crippen LogP contribution in [0.5, 0.6) is 0 Å². The fourth-order valence-corrected chi connectivity index (χ4v) is 3.09. The number of primary sulfonamides is 1. The Bertz CT molecular complexity index is 812. The lowest BCUT2D eigenvalue weighted by molar-refractivity contribution is -0.116. The van der Waals surface area contributed by atoms with E-state index in [1.165, 1.54) is 6.07 Å². The molecule has 0 fully saturated rings. The zero-order valence-corrected chi connectivity index (χ0v) is 14.6. The van der Waals surface area contributed by atoms with Crippen LogP contribution in [0.15, 0.2) is 53.4 Å². The molecule has 1 amide bonds. The number of hydrogen-bond acceptors (Lipinski definition) is 3. The van der Waals surface area contributed by atoms with Gasteiger partial charge in [0.05, 0.1) is 4.90 Å². The van der Waals surface area contributed by atoms with Crippen molar-refractivity contribution in [1.29, 1.82) is 0 Å². The predicted molar refractivity (Wildman–Crippen MR) is 96.0 cm³/mol. The van der Waals surface area contributed by atoms with Gasteiger partial charge in [0, 0.05) is 17.7 Å². The van der Waals surface area contributed by atoms with Crippen molar-refractivity contribution in [2.75, 3.05) is 5.32 Å². The van der Waals surface area contributed by atoms with E-state index in [2.05, 4.69) is 19.2 Å². The van der Waals surface area contributed by atoms with E-state index >= 15 is 0 Å². The highest BCUT2D eigenvalue weighted by Crippen LogP contribution is 2.27. The zero-order valence-electron chi connectivity index (χ0n) is 13.8. The predicted octanol–water partition coefficient (Wildman–Crippen LogP) is 3.38. The van der Waals surface area contributed by atoms with Crippen LogP contribution in [-0.4, -0.2) is 14.3 Å². The molecule has 6 heteroatoms. The number of nitrogens with two attached hydrogens (primary N) is 1. The van der Waals surface area contributed by atoms with Crippen LogP contribution in [0.25, 0.3) is 11.1 Å². The van der Waals surface area contributed by atoms with Crippen molar-refractivity contribution in [3.63, 3.8) is 0 Å². The smallest absolute Gasteiger partial charge is 0.238 e. The summed E-state index contributed by atoms with van der Waals surface area (Å²) in [4.78, 5) is 11.9. The van der Waals surface area contributed by atoms with Crippen LogP contribution in [0.2, 0.25) is 0 Å². The summed E-state index contributed by atoms with van der Waals surface area (Å²) in [6.07, 6.45) is 1.32. The molecule has 0 atom stereocenters. The fourth-order valence-electron chi connectivity index (χ4n) is 2.33. The zero-order chi connectivity index (χ0) is 17.7.